The van der Waals surface area contributed by atoms with E-state index < -0.39 is 0 Å². The third-order valence-corrected chi connectivity index (χ3v) is 3.43. The van der Waals surface area contributed by atoms with Crippen LogP contribution in [0.2, 0.25) is 0 Å². The average molecular weight is 270 g/mol. The van der Waals surface area contributed by atoms with Crippen LogP contribution in [0.25, 0.3) is 0 Å². The van der Waals surface area contributed by atoms with Crippen molar-refractivity contribution in [2.75, 3.05) is 13.1 Å². The van der Waals surface area contributed by atoms with Crippen molar-refractivity contribution in [2.45, 2.75) is 30.7 Å². The van der Waals surface area contributed by atoms with Gasteiger partial charge < -0.3 is 12.6 Å². The number of hydrogen-bond acceptors (Lipinski definition) is 2. The van der Waals surface area contributed by atoms with Crippen molar-refractivity contribution in [2.24, 2.45) is 0 Å². The molecule has 0 bridgehead atoms. The standard InChI is InChI=1S/C12H17NS.Cu/c1-10(13-8-4-5-9-13)11-6-2-3-7-12(11)14;/h2-3,6-7,10,14H,4-5,8-9H2,1H3;/q;+1/p-1/t10-;/m1./s1. The van der Waals surface area contributed by atoms with Crippen molar-refractivity contribution in [1.82, 2.24) is 4.90 Å². The molecule has 0 radical (unpaired) electrons. The topological polar surface area (TPSA) is 3.24 Å². The molecule has 1 fully saturated rings. The predicted octanol–water partition coefficient (Wildman–Crippen LogP) is 2.75. The van der Waals surface area contributed by atoms with Gasteiger partial charge in [0.25, 0.3) is 0 Å². The molecule has 2 rings (SSSR count). The van der Waals surface area contributed by atoms with Crippen LogP contribution in [-0.2, 0) is 29.7 Å². The van der Waals surface area contributed by atoms with Crippen LogP contribution in [-0.4, -0.2) is 18.0 Å². The Kier molecular flexibility index (Phi) is 5.07. The van der Waals surface area contributed by atoms with Gasteiger partial charge in [-0.05, 0) is 32.9 Å². The molecule has 0 aromatic heterocycles. The molecule has 1 aliphatic heterocycles. The Morgan fingerprint density at radius 3 is 2.40 bits per heavy atom. The van der Waals surface area contributed by atoms with Gasteiger partial charge in [0, 0.05) is 6.04 Å². The molecule has 0 saturated carbocycles. The number of hydrogen-bond donors (Lipinski definition) is 0. The van der Waals surface area contributed by atoms with Crippen molar-refractivity contribution < 1.29 is 17.1 Å². The van der Waals surface area contributed by atoms with Gasteiger partial charge in [-0.2, -0.15) is 4.90 Å². The van der Waals surface area contributed by atoms with Gasteiger partial charge in [0.1, 0.15) is 0 Å². The van der Waals surface area contributed by atoms with Crippen molar-refractivity contribution in [1.29, 1.82) is 0 Å². The second-order valence-corrected chi connectivity index (χ2v) is 4.40. The fourth-order valence-corrected chi connectivity index (χ4v) is 2.47. The molecule has 0 unspecified atom stereocenters. The smallest absolute Gasteiger partial charge is 0.779 e. The number of likely N-dealkylation sites (tertiary alicyclic amines) is 1. The number of rotatable bonds is 2. The molecule has 0 N–H and O–H groups in total. The van der Waals surface area contributed by atoms with E-state index in [-0.39, 0.29) is 17.1 Å². The Morgan fingerprint density at radius 1 is 1.20 bits per heavy atom. The van der Waals surface area contributed by atoms with Crippen LogP contribution in [0.4, 0.5) is 0 Å². The van der Waals surface area contributed by atoms with Crippen molar-refractivity contribution in [3.8, 4) is 0 Å². The van der Waals surface area contributed by atoms with Crippen molar-refractivity contribution in [3.05, 3.63) is 29.8 Å². The first kappa shape index (κ1) is 13.0. The zero-order valence-corrected chi connectivity index (χ0v) is 10.6. The van der Waals surface area contributed by atoms with Gasteiger partial charge in [0.15, 0.2) is 0 Å². The van der Waals surface area contributed by atoms with Gasteiger partial charge >= 0.3 is 17.1 Å². The van der Waals surface area contributed by atoms with Gasteiger partial charge in [-0.3, -0.25) is 4.90 Å². The summed E-state index contributed by atoms with van der Waals surface area (Å²) in [6.45, 7) is 4.71. The van der Waals surface area contributed by atoms with E-state index in [0.717, 1.165) is 4.90 Å². The van der Waals surface area contributed by atoms with E-state index in [1.807, 2.05) is 12.1 Å². The summed E-state index contributed by atoms with van der Waals surface area (Å²) in [4.78, 5) is 3.53. The van der Waals surface area contributed by atoms with Crippen molar-refractivity contribution >= 4 is 12.6 Å². The van der Waals surface area contributed by atoms with E-state index in [1.165, 1.54) is 31.5 Å². The molecule has 0 spiro atoms. The summed E-state index contributed by atoms with van der Waals surface area (Å²) in [5, 5.41) is 0. The minimum Gasteiger partial charge on any atom is -0.779 e. The third-order valence-electron chi connectivity index (χ3n) is 3.06. The van der Waals surface area contributed by atoms with Crippen LogP contribution in [0.5, 0.6) is 0 Å². The molecule has 1 atom stereocenters. The second kappa shape index (κ2) is 5.86. The summed E-state index contributed by atoms with van der Waals surface area (Å²) in [7, 11) is 0. The maximum atomic E-state index is 5.34. The third kappa shape index (κ3) is 2.94. The van der Waals surface area contributed by atoms with Gasteiger partial charge in [-0.25, -0.2) is 0 Å². The molecule has 1 nitrogen and oxygen atoms in total. The maximum absolute atomic E-state index is 5.34. The minimum atomic E-state index is 0. The molecular weight excluding hydrogens is 254 g/mol. The van der Waals surface area contributed by atoms with Gasteiger partial charge in [0.05, 0.1) is 0 Å². The van der Waals surface area contributed by atoms with E-state index in [1.54, 1.807) is 0 Å². The van der Waals surface area contributed by atoms with Gasteiger partial charge in [0.2, 0.25) is 0 Å². The number of nitrogens with zero attached hydrogens (tertiary/aromatic N) is 1. The molecule has 86 valence electrons. The van der Waals surface area contributed by atoms with E-state index >= 15 is 0 Å². The quantitative estimate of drug-likeness (QED) is 0.600. The molecule has 0 amide bonds. The Labute approximate surface area is 108 Å². The Bertz CT molecular complexity index is 310. The van der Waals surface area contributed by atoms with E-state index in [9.17, 15) is 0 Å². The summed E-state index contributed by atoms with van der Waals surface area (Å²) in [6, 6.07) is 8.77. The molecule has 15 heavy (non-hydrogen) atoms. The molecular formula is C12H16CuNS. The van der Waals surface area contributed by atoms with Crippen LogP contribution in [0, 0.1) is 0 Å². The molecule has 1 aromatic carbocycles. The SMILES string of the molecule is C[C@H](c1ccccc1[S-])N1CCCC1.[Cu+]. The first-order valence-corrected chi connectivity index (χ1v) is 5.70. The van der Waals surface area contributed by atoms with Crippen LogP contribution < -0.4 is 0 Å². The Balaban J connectivity index is 0.00000112. The molecule has 0 aliphatic carbocycles. The van der Waals surface area contributed by atoms with E-state index in [0.29, 0.717) is 6.04 Å². The minimum absolute atomic E-state index is 0. The van der Waals surface area contributed by atoms with Crippen LogP contribution in [0.1, 0.15) is 31.4 Å². The predicted molar refractivity (Wildman–Crippen MR) is 61.3 cm³/mol. The second-order valence-electron chi connectivity index (χ2n) is 3.96. The fourth-order valence-electron chi connectivity index (χ4n) is 2.15. The normalized spacial score (nSPS) is 18.5. The van der Waals surface area contributed by atoms with E-state index in [2.05, 4.69) is 24.0 Å². The molecule has 1 heterocycles. The van der Waals surface area contributed by atoms with E-state index in [4.69, 9.17) is 12.6 Å². The van der Waals surface area contributed by atoms with Gasteiger partial charge in [-0.1, -0.05) is 29.8 Å². The molecule has 3 heteroatoms. The van der Waals surface area contributed by atoms with Gasteiger partial charge in [-0.15, -0.1) is 0 Å². The monoisotopic (exact) mass is 269 g/mol. The summed E-state index contributed by atoms with van der Waals surface area (Å²) in [5.74, 6) is 0. The summed E-state index contributed by atoms with van der Waals surface area (Å²) in [5.41, 5.74) is 1.31. The molecule has 1 aromatic rings. The van der Waals surface area contributed by atoms with Crippen molar-refractivity contribution in [3.63, 3.8) is 0 Å². The van der Waals surface area contributed by atoms with Crippen LogP contribution >= 0.6 is 0 Å². The Hall–Kier alpha value is -0.0805. The summed E-state index contributed by atoms with van der Waals surface area (Å²) >= 11 is 5.34. The number of benzene rings is 1. The summed E-state index contributed by atoms with van der Waals surface area (Å²) in [6.07, 6.45) is 2.67. The zero-order chi connectivity index (χ0) is 9.97. The zero-order valence-electron chi connectivity index (χ0n) is 8.87. The fraction of sp³-hybridized carbons (Fsp3) is 0.500. The largest absolute Gasteiger partial charge is 1.00 e. The molecule has 1 saturated heterocycles. The first-order chi connectivity index (χ1) is 6.79. The molecule has 1 aliphatic rings. The maximum Gasteiger partial charge on any atom is 1.00 e. The van der Waals surface area contributed by atoms with Crippen LogP contribution in [0.3, 0.4) is 0 Å². The summed E-state index contributed by atoms with van der Waals surface area (Å²) < 4.78 is 0. The average Bonchev–Trinajstić information content (AvgIpc) is 2.70. The first-order valence-electron chi connectivity index (χ1n) is 5.29. The Morgan fingerprint density at radius 2 is 1.80 bits per heavy atom. The van der Waals surface area contributed by atoms with Crippen LogP contribution in [0.15, 0.2) is 29.2 Å².